The number of hydrogen-bond acceptors (Lipinski definition) is 1. The largest absolute Gasteiger partial charge is 0.357 e. The molecule has 0 bridgehead atoms. The van der Waals surface area contributed by atoms with Gasteiger partial charge in [0.2, 0.25) is 0 Å². The van der Waals surface area contributed by atoms with Crippen molar-refractivity contribution in [2.24, 2.45) is 0 Å². The number of halogens is 1. The Kier molecular flexibility index (Phi) is 3.55. The lowest BCUT2D eigenvalue weighted by Gasteiger charge is -2.20. The van der Waals surface area contributed by atoms with Crippen molar-refractivity contribution in [3.05, 3.63) is 69.8 Å². The van der Waals surface area contributed by atoms with Crippen LogP contribution in [0.4, 0.5) is 0 Å². The third kappa shape index (κ3) is 2.38. The van der Waals surface area contributed by atoms with Gasteiger partial charge in [-0.2, -0.15) is 0 Å². The van der Waals surface area contributed by atoms with E-state index < -0.39 is 0 Å². The summed E-state index contributed by atoms with van der Waals surface area (Å²) in [6.45, 7) is 2.24. The molecule has 22 heavy (non-hydrogen) atoms. The predicted octanol–water partition coefficient (Wildman–Crippen LogP) is 5.27. The van der Waals surface area contributed by atoms with Crippen molar-refractivity contribution < 1.29 is 0 Å². The molecule has 0 amide bonds. The first-order valence-electron chi connectivity index (χ1n) is 7.83. The molecular formula is C19H19BrN2. The summed E-state index contributed by atoms with van der Waals surface area (Å²) in [7, 11) is 0. The van der Waals surface area contributed by atoms with Gasteiger partial charge in [-0.25, -0.2) is 0 Å². The van der Waals surface area contributed by atoms with Crippen molar-refractivity contribution in [2.75, 3.05) is 0 Å². The Hall–Kier alpha value is -1.58. The molecule has 0 saturated heterocycles. The molecule has 112 valence electrons. The van der Waals surface area contributed by atoms with Crippen molar-refractivity contribution in [2.45, 2.75) is 31.8 Å². The van der Waals surface area contributed by atoms with Crippen LogP contribution in [0.15, 0.2) is 53.0 Å². The molecule has 2 unspecified atom stereocenters. The second-order valence-electron chi connectivity index (χ2n) is 6.10. The lowest BCUT2D eigenvalue weighted by atomic mass is 10.1. The fraction of sp³-hybridized carbons (Fsp3) is 0.263. The Balaban J connectivity index is 1.63. The summed E-state index contributed by atoms with van der Waals surface area (Å²) in [6, 6.07) is 17.9. The number of aromatic nitrogens is 1. The number of fused-ring (bicyclic) bond motifs is 3. The minimum absolute atomic E-state index is 0.357. The molecule has 1 aromatic heterocycles. The first-order chi connectivity index (χ1) is 10.7. The quantitative estimate of drug-likeness (QED) is 0.658. The van der Waals surface area contributed by atoms with Crippen LogP contribution in [0.5, 0.6) is 0 Å². The van der Waals surface area contributed by atoms with E-state index in [1.54, 1.807) is 0 Å². The number of aromatic amines is 1. The predicted molar refractivity (Wildman–Crippen MR) is 95.1 cm³/mol. The highest BCUT2D eigenvalue weighted by Crippen LogP contribution is 2.38. The van der Waals surface area contributed by atoms with Gasteiger partial charge < -0.3 is 10.3 Å². The Labute approximate surface area is 139 Å². The zero-order valence-electron chi connectivity index (χ0n) is 12.6. The van der Waals surface area contributed by atoms with Gasteiger partial charge in [-0.15, -0.1) is 0 Å². The molecule has 1 aliphatic carbocycles. The maximum absolute atomic E-state index is 3.78. The van der Waals surface area contributed by atoms with Crippen molar-refractivity contribution in [1.29, 1.82) is 0 Å². The number of aryl methyl sites for hydroxylation is 1. The van der Waals surface area contributed by atoms with Crippen LogP contribution >= 0.6 is 15.9 Å². The molecule has 2 atom stereocenters. The van der Waals surface area contributed by atoms with Crippen LogP contribution in [0.3, 0.4) is 0 Å². The summed E-state index contributed by atoms with van der Waals surface area (Å²) in [5.41, 5.74) is 5.44. The molecule has 3 aromatic rings. The second-order valence-corrected chi connectivity index (χ2v) is 7.01. The van der Waals surface area contributed by atoms with Crippen LogP contribution in [0, 0.1) is 0 Å². The van der Waals surface area contributed by atoms with Gasteiger partial charge in [0.05, 0.1) is 0 Å². The smallest absolute Gasteiger partial charge is 0.0483 e. The third-order valence-corrected chi connectivity index (χ3v) is 5.18. The number of hydrogen-bond donors (Lipinski definition) is 2. The van der Waals surface area contributed by atoms with E-state index in [-0.39, 0.29) is 0 Å². The molecule has 0 radical (unpaired) electrons. The summed E-state index contributed by atoms with van der Waals surface area (Å²) in [6.07, 6.45) is 2.31. The molecule has 0 spiro atoms. The van der Waals surface area contributed by atoms with Crippen molar-refractivity contribution >= 4 is 26.8 Å². The van der Waals surface area contributed by atoms with E-state index >= 15 is 0 Å². The number of rotatable bonds is 3. The minimum atomic E-state index is 0.357. The average Bonchev–Trinajstić information content (AvgIpc) is 3.08. The summed E-state index contributed by atoms with van der Waals surface area (Å²) in [4.78, 5) is 3.63. The van der Waals surface area contributed by atoms with Crippen LogP contribution in [0.1, 0.15) is 42.2 Å². The Morgan fingerprint density at radius 1 is 1.18 bits per heavy atom. The molecule has 0 fully saturated rings. The summed E-state index contributed by atoms with van der Waals surface area (Å²) < 4.78 is 1.15. The maximum Gasteiger partial charge on any atom is 0.0483 e. The normalized spacial score (nSPS) is 18.5. The van der Waals surface area contributed by atoms with Gasteiger partial charge in [0.1, 0.15) is 0 Å². The number of H-pyrrole nitrogens is 1. The zero-order valence-corrected chi connectivity index (χ0v) is 14.2. The van der Waals surface area contributed by atoms with E-state index in [0.717, 1.165) is 10.9 Å². The van der Waals surface area contributed by atoms with Gasteiger partial charge in [0, 0.05) is 33.2 Å². The fourth-order valence-corrected chi connectivity index (χ4v) is 3.91. The van der Waals surface area contributed by atoms with E-state index in [4.69, 9.17) is 0 Å². The summed E-state index contributed by atoms with van der Waals surface area (Å²) in [5, 5.41) is 5.15. The molecule has 0 saturated carbocycles. The van der Waals surface area contributed by atoms with Crippen LogP contribution in [0.2, 0.25) is 0 Å². The van der Waals surface area contributed by atoms with Crippen LogP contribution < -0.4 is 5.32 Å². The van der Waals surface area contributed by atoms with E-state index in [0.29, 0.717) is 12.1 Å². The molecule has 0 aliphatic heterocycles. The fourth-order valence-electron chi connectivity index (χ4n) is 3.55. The highest BCUT2D eigenvalue weighted by atomic mass is 79.9. The van der Waals surface area contributed by atoms with Gasteiger partial charge >= 0.3 is 0 Å². The standard InChI is InChI=1S/C19H19BrN2/c1-12(13-5-3-2-4-6-13)21-18-10-8-15-16-11-14(20)7-9-17(16)22-19(15)18/h2-7,9,11-12,18,21-22H,8,10H2,1H3. The molecule has 2 aromatic carbocycles. The maximum atomic E-state index is 3.78. The molecule has 2 nitrogen and oxygen atoms in total. The lowest BCUT2D eigenvalue weighted by molar-refractivity contribution is 0.459. The van der Waals surface area contributed by atoms with E-state index in [9.17, 15) is 0 Å². The Bertz CT molecular complexity index is 807. The van der Waals surface area contributed by atoms with E-state index in [1.807, 2.05) is 0 Å². The first kappa shape index (κ1) is 14.0. The van der Waals surface area contributed by atoms with Crippen LogP contribution in [0.25, 0.3) is 10.9 Å². The Morgan fingerprint density at radius 2 is 2.00 bits per heavy atom. The topological polar surface area (TPSA) is 27.8 Å². The summed E-state index contributed by atoms with van der Waals surface area (Å²) in [5.74, 6) is 0. The van der Waals surface area contributed by atoms with Gasteiger partial charge in [0.15, 0.2) is 0 Å². The lowest BCUT2D eigenvalue weighted by Crippen LogP contribution is -2.23. The highest BCUT2D eigenvalue weighted by Gasteiger charge is 2.27. The third-order valence-electron chi connectivity index (χ3n) is 4.68. The second kappa shape index (κ2) is 5.56. The van der Waals surface area contributed by atoms with Gasteiger partial charge in [-0.3, -0.25) is 0 Å². The van der Waals surface area contributed by atoms with Crippen molar-refractivity contribution in [3.8, 4) is 0 Å². The number of nitrogens with one attached hydrogen (secondary N) is 2. The van der Waals surface area contributed by atoms with E-state index in [1.165, 1.54) is 34.1 Å². The van der Waals surface area contributed by atoms with Crippen LogP contribution in [-0.4, -0.2) is 4.98 Å². The molecular weight excluding hydrogens is 336 g/mol. The average molecular weight is 355 g/mol. The Morgan fingerprint density at radius 3 is 2.82 bits per heavy atom. The molecule has 3 heteroatoms. The highest BCUT2D eigenvalue weighted by molar-refractivity contribution is 9.10. The molecule has 1 aliphatic rings. The zero-order chi connectivity index (χ0) is 15.1. The van der Waals surface area contributed by atoms with Crippen molar-refractivity contribution in [3.63, 3.8) is 0 Å². The van der Waals surface area contributed by atoms with Gasteiger partial charge in [-0.05, 0) is 49.1 Å². The van der Waals surface area contributed by atoms with Gasteiger partial charge in [-0.1, -0.05) is 46.3 Å². The van der Waals surface area contributed by atoms with Crippen LogP contribution in [-0.2, 0) is 6.42 Å². The monoisotopic (exact) mass is 354 g/mol. The number of benzene rings is 2. The first-order valence-corrected chi connectivity index (χ1v) is 8.62. The molecule has 1 heterocycles. The minimum Gasteiger partial charge on any atom is -0.357 e. The molecule has 2 N–H and O–H groups in total. The summed E-state index contributed by atoms with van der Waals surface area (Å²) >= 11 is 3.58. The van der Waals surface area contributed by atoms with Crippen molar-refractivity contribution in [1.82, 2.24) is 10.3 Å². The van der Waals surface area contributed by atoms with E-state index in [2.05, 4.69) is 81.7 Å². The molecule has 4 rings (SSSR count). The van der Waals surface area contributed by atoms with Gasteiger partial charge in [0.25, 0.3) is 0 Å². The SMILES string of the molecule is CC(NC1CCc2c1[nH]c1ccc(Br)cc21)c1ccccc1.